The minimum Gasteiger partial charge on any atom is -0.480 e. The van der Waals surface area contributed by atoms with E-state index in [1.807, 2.05) is 0 Å². The first-order chi connectivity index (χ1) is 7.06. The maximum atomic E-state index is 10.7. The monoisotopic (exact) mass is 244 g/mol. The summed E-state index contributed by atoms with van der Waals surface area (Å²) in [5.41, 5.74) is 0.417. The number of carbonyl (C=O) groups excluding carboxylic acids is 1. The molecule has 1 aromatic carbocycles. The Bertz CT molecular complexity index is 392. The lowest BCUT2D eigenvalue weighted by molar-refractivity contribution is -0.136. The van der Waals surface area contributed by atoms with Crippen molar-refractivity contribution in [3.63, 3.8) is 0 Å². The highest BCUT2D eigenvalue weighted by molar-refractivity contribution is 8.00. The molecule has 15 heavy (non-hydrogen) atoms. The zero-order valence-corrected chi connectivity index (χ0v) is 9.51. The summed E-state index contributed by atoms with van der Waals surface area (Å²) in [6.45, 7) is 1.55. The first-order valence-corrected chi connectivity index (χ1v) is 5.45. The minimum absolute atomic E-state index is 0.401. The van der Waals surface area contributed by atoms with Crippen LogP contribution in [0.25, 0.3) is 0 Å². The molecule has 0 aliphatic rings. The molecule has 0 fully saturated rings. The van der Waals surface area contributed by atoms with Crippen LogP contribution in [0.3, 0.4) is 0 Å². The van der Waals surface area contributed by atoms with Gasteiger partial charge in [-0.15, -0.1) is 11.8 Å². The van der Waals surface area contributed by atoms with Crippen molar-refractivity contribution in [3.8, 4) is 0 Å². The average Bonchev–Trinajstić information content (AvgIpc) is 2.20. The van der Waals surface area contributed by atoms with Crippen molar-refractivity contribution in [2.24, 2.45) is 0 Å². The Morgan fingerprint density at radius 1 is 1.60 bits per heavy atom. The number of aliphatic carboxylic acids is 1. The molecule has 0 aliphatic carbocycles. The number of aldehydes is 1. The number of hydrogen-bond acceptors (Lipinski definition) is 3. The van der Waals surface area contributed by atoms with E-state index in [0.717, 1.165) is 11.8 Å². The topological polar surface area (TPSA) is 54.4 Å². The lowest BCUT2D eigenvalue weighted by atomic mass is 10.2. The van der Waals surface area contributed by atoms with E-state index < -0.39 is 11.2 Å². The van der Waals surface area contributed by atoms with Gasteiger partial charge in [0.2, 0.25) is 0 Å². The fraction of sp³-hybridized carbons (Fsp3) is 0.200. The fourth-order valence-corrected chi connectivity index (χ4v) is 2.17. The molecule has 0 saturated carbocycles. The summed E-state index contributed by atoms with van der Waals surface area (Å²) in [6.07, 6.45) is 0.669. The summed E-state index contributed by atoms with van der Waals surface area (Å²) >= 11 is 6.95. The van der Waals surface area contributed by atoms with E-state index >= 15 is 0 Å². The molecule has 1 N–H and O–H groups in total. The summed E-state index contributed by atoms with van der Waals surface area (Å²) in [5.74, 6) is -0.934. The smallest absolute Gasteiger partial charge is 0.316 e. The summed E-state index contributed by atoms with van der Waals surface area (Å²) in [5, 5.41) is 8.51. The lowest BCUT2D eigenvalue weighted by Crippen LogP contribution is -2.11. The molecule has 1 unspecified atom stereocenters. The Morgan fingerprint density at radius 2 is 2.27 bits per heavy atom. The third kappa shape index (κ3) is 2.97. The molecular formula is C10H9ClO3S. The van der Waals surface area contributed by atoms with Crippen molar-refractivity contribution < 1.29 is 14.7 Å². The predicted octanol–water partition coefficient (Wildman–Crippen LogP) is 2.72. The van der Waals surface area contributed by atoms with Gasteiger partial charge in [0.05, 0.1) is 5.02 Å². The highest BCUT2D eigenvalue weighted by Gasteiger charge is 2.16. The van der Waals surface area contributed by atoms with Crippen LogP contribution < -0.4 is 0 Å². The number of carboxylic acids is 1. The van der Waals surface area contributed by atoms with E-state index in [1.165, 1.54) is 0 Å². The van der Waals surface area contributed by atoms with Crippen molar-refractivity contribution in [3.05, 3.63) is 28.8 Å². The normalized spacial score (nSPS) is 12.1. The molecule has 1 atom stereocenters. The quantitative estimate of drug-likeness (QED) is 0.654. The van der Waals surface area contributed by atoms with Crippen LogP contribution in [0.2, 0.25) is 5.02 Å². The highest BCUT2D eigenvalue weighted by Crippen LogP contribution is 2.32. The van der Waals surface area contributed by atoms with Crippen LogP contribution >= 0.6 is 23.4 Å². The number of carboxylic acid groups (broad SMARTS) is 1. The van der Waals surface area contributed by atoms with Crippen LogP contribution in [-0.4, -0.2) is 22.6 Å². The number of halogens is 1. The maximum Gasteiger partial charge on any atom is 0.316 e. The van der Waals surface area contributed by atoms with Crippen LogP contribution in [0, 0.1) is 0 Å². The van der Waals surface area contributed by atoms with Gasteiger partial charge >= 0.3 is 5.97 Å². The van der Waals surface area contributed by atoms with Gasteiger partial charge in [0, 0.05) is 10.5 Å². The third-order valence-electron chi connectivity index (χ3n) is 1.77. The Labute approximate surface area is 96.4 Å². The average molecular weight is 245 g/mol. The molecule has 0 aliphatic heterocycles. The molecule has 0 heterocycles. The second-order valence-corrected chi connectivity index (χ2v) is 4.63. The predicted molar refractivity (Wildman–Crippen MR) is 59.8 cm³/mol. The molecular weight excluding hydrogens is 236 g/mol. The molecule has 5 heteroatoms. The van der Waals surface area contributed by atoms with Crippen molar-refractivity contribution in [2.75, 3.05) is 0 Å². The van der Waals surface area contributed by atoms with E-state index in [2.05, 4.69) is 0 Å². The van der Waals surface area contributed by atoms with Gasteiger partial charge in [-0.1, -0.05) is 23.7 Å². The van der Waals surface area contributed by atoms with Crippen LogP contribution in [0.4, 0.5) is 0 Å². The van der Waals surface area contributed by atoms with Crippen molar-refractivity contribution in [2.45, 2.75) is 17.1 Å². The Kier molecular flexibility index (Phi) is 4.17. The maximum absolute atomic E-state index is 10.7. The first kappa shape index (κ1) is 12.1. The molecule has 0 radical (unpaired) electrons. The summed E-state index contributed by atoms with van der Waals surface area (Å²) in [4.78, 5) is 21.9. The summed E-state index contributed by atoms with van der Waals surface area (Å²) in [6, 6.07) is 4.89. The number of carbonyl (C=O) groups is 2. The zero-order valence-electron chi connectivity index (χ0n) is 7.94. The number of rotatable bonds is 4. The van der Waals surface area contributed by atoms with E-state index in [0.29, 0.717) is 21.8 Å². The second kappa shape index (κ2) is 5.19. The molecule has 1 rings (SSSR count). The van der Waals surface area contributed by atoms with Gasteiger partial charge in [-0.25, -0.2) is 0 Å². The number of benzene rings is 1. The van der Waals surface area contributed by atoms with Crippen molar-refractivity contribution in [1.29, 1.82) is 0 Å². The number of hydrogen-bond donors (Lipinski definition) is 1. The molecule has 1 aromatic rings. The molecule has 0 aromatic heterocycles. The van der Waals surface area contributed by atoms with Crippen LogP contribution in [-0.2, 0) is 4.79 Å². The van der Waals surface area contributed by atoms with Crippen molar-refractivity contribution >= 4 is 35.6 Å². The van der Waals surface area contributed by atoms with Crippen LogP contribution in [0.5, 0.6) is 0 Å². The van der Waals surface area contributed by atoms with Crippen LogP contribution in [0.1, 0.15) is 17.3 Å². The molecule has 0 saturated heterocycles. The molecule has 3 nitrogen and oxygen atoms in total. The lowest BCUT2D eigenvalue weighted by Gasteiger charge is -2.09. The summed E-state index contributed by atoms with van der Waals surface area (Å²) < 4.78 is 0. The summed E-state index contributed by atoms with van der Waals surface area (Å²) in [7, 11) is 0. The van der Waals surface area contributed by atoms with Gasteiger partial charge in [-0.3, -0.25) is 9.59 Å². The molecule has 0 bridgehead atoms. The van der Waals surface area contributed by atoms with Gasteiger partial charge < -0.3 is 5.11 Å². The van der Waals surface area contributed by atoms with Gasteiger partial charge in [-0.2, -0.15) is 0 Å². The molecule has 0 amide bonds. The number of thioether (sulfide) groups is 1. The Balaban J connectivity index is 3.02. The zero-order chi connectivity index (χ0) is 11.4. The molecule has 80 valence electrons. The highest BCUT2D eigenvalue weighted by atomic mass is 35.5. The Morgan fingerprint density at radius 3 is 2.80 bits per heavy atom. The first-order valence-electron chi connectivity index (χ1n) is 4.19. The fourth-order valence-electron chi connectivity index (χ4n) is 0.970. The third-order valence-corrected chi connectivity index (χ3v) is 3.44. The van der Waals surface area contributed by atoms with Crippen molar-refractivity contribution in [1.82, 2.24) is 0 Å². The van der Waals surface area contributed by atoms with Gasteiger partial charge in [0.25, 0.3) is 0 Å². The van der Waals surface area contributed by atoms with Crippen LogP contribution in [0.15, 0.2) is 23.1 Å². The minimum atomic E-state index is -0.934. The SMILES string of the molecule is CC(Sc1c(Cl)cccc1C=O)C(=O)O. The van der Waals surface area contributed by atoms with Gasteiger partial charge in [0.15, 0.2) is 6.29 Å². The van der Waals surface area contributed by atoms with E-state index in [1.54, 1.807) is 25.1 Å². The van der Waals surface area contributed by atoms with E-state index in [-0.39, 0.29) is 0 Å². The van der Waals surface area contributed by atoms with Gasteiger partial charge in [-0.05, 0) is 13.0 Å². The van der Waals surface area contributed by atoms with Gasteiger partial charge in [0.1, 0.15) is 5.25 Å². The van der Waals surface area contributed by atoms with E-state index in [4.69, 9.17) is 16.7 Å². The largest absolute Gasteiger partial charge is 0.480 e. The standard InChI is InChI=1S/C10H9ClO3S/c1-6(10(13)14)15-9-7(5-12)3-2-4-8(9)11/h2-6H,1H3,(H,13,14). The van der Waals surface area contributed by atoms with E-state index in [9.17, 15) is 9.59 Å². The second-order valence-electron chi connectivity index (χ2n) is 2.87. The Hall–Kier alpha value is -1.00. The molecule has 0 spiro atoms.